The molecule has 4 aromatic rings. The average Bonchev–Trinajstić information content (AvgIpc) is 3.17. The fourth-order valence-electron chi connectivity index (χ4n) is 2.80. The van der Waals surface area contributed by atoms with E-state index in [1.807, 2.05) is 68.5 Å². The number of aryl methyl sites for hydroxylation is 1. The highest BCUT2D eigenvalue weighted by Crippen LogP contribution is 2.21. The third kappa shape index (κ3) is 2.88. The molecule has 6 heteroatoms. The van der Waals surface area contributed by atoms with Crippen LogP contribution in [0, 0.1) is 6.92 Å². The van der Waals surface area contributed by atoms with Crippen molar-refractivity contribution in [2.45, 2.75) is 13.8 Å². The highest BCUT2D eigenvalue weighted by atomic mass is 32.1. The summed E-state index contributed by atoms with van der Waals surface area (Å²) in [4.78, 5) is 17.9. The molecule has 2 heterocycles. The summed E-state index contributed by atoms with van der Waals surface area (Å²) in [6, 6.07) is 15.5. The Hall–Kier alpha value is -2.99. The molecule has 0 unspecified atom stereocenters. The van der Waals surface area contributed by atoms with Gasteiger partial charge in [0, 0.05) is 11.1 Å². The van der Waals surface area contributed by atoms with Gasteiger partial charge in [0.1, 0.15) is 5.75 Å². The Bertz CT molecular complexity index is 1190. The zero-order chi connectivity index (χ0) is 18.1. The van der Waals surface area contributed by atoms with Gasteiger partial charge in [-0.15, -0.1) is 5.10 Å². The molecule has 130 valence electrons. The zero-order valence-corrected chi connectivity index (χ0v) is 15.3. The number of rotatable bonds is 4. The molecule has 0 amide bonds. The summed E-state index contributed by atoms with van der Waals surface area (Å²) in [5, 5.41) is 4.42. The number of benzene rings is 2. The molecule has 0 aliphatic carbocycles. The summed E-state index contributed by atoms with van der Waals surface area (Å²) in [7, 11) is 0. The third-order valence-electron chi connectivity index (χ3n) is 4.07. The van der Waals surface area contributed by atoms with Gasteiger partial charge in [-0.2, -0.15) is 9.50 Å². The largest absolute Gasteiger partial charge is 0.493 e. The number of hydrogen-bond acceptors (Lipinski definition) is 5. The predicted octanol–water partition coefficient (Wildman–Crippen LogP) is 3.07. The Kier molecular flexibility index (Phi) is 4.26. The van der Waals surface area contributed by atoms with Crippen LogP contribution in [-0.4, -0.2) is 21.2 Å². The molecule has 0 radical (unpaired) electrons. The standard InChI is InChI=1S/C20H17N3O2S/c1-3-25-16-11-7-5-9-14(16)12-17-19(24)23-20(26-17)21-18(22-23)15-10-6-4-8-13(15)2/h4-12H,3H2,1-2H3. The van der Waals surface area contributed by atoms with Crippen LogP contribution in [0.2, 0.25) is 0 Å². The zero-order valence-electron chi connectivity index (χ0n) is 14.5. The minimum absolute atomic E-state index is 0.163. The quantitative estimate of drug-likeness (QED) is 0.559. The first-order chi connectivity index (χ1) is 12.7. The van der Waals surface area contributed by atoms with E-state index in [-0.39, 0.29) is 5.56 Å². The molecule has 0 spiro atoms. The minimum Gasteiger partial charge on any atom is -0.493 e. The summed E-state index contributed by atoms with van der Waals surface area (Å²) < 4.78 is 7.59. The van der Waals surface area contributed by atoms with Crippen LogP contribution in [-0.2, 0) is 0 Å². The second-order valence-corrected chi connectivity index (χ2v) is 6.84. The predicted molar refractivity (Wildman–Crippen MR) is 104 cm³/mol. The molecular formula is C20H17N3O2S. The van der Waals surface area contributed by atoms with Gasteiger partial charge in [-0.3, -0.25) is 4.79 Å². The van der Waals surface area contributed by atoms with Crippen molar-refractivity contribution in [3.63, 3.8) is 0 Å². The first-order valence-corrected chi connectivity index (χ1v) is 9.18. The average molecular weight is 363 g/mol. The van der Waals surface area contributed by atoms with E-state index >= 15 is 0 Å². The molecule has 0 aliphatic rings. The Morgan fingerprint density at radius 3 is 2.69 bits per heavy atom. The fraction of sp³-hybridized carbons (Fsp3) is 0.150. The van der Waals surface area contributed by atoms with Crippen LogP contribution in [0.4, 0.5) is 0 Å². The van der Waals surface area contributed by atoms with E-state index in [4.69, 9.17) is 4.74 Å². The highest BCUT2D eigenvalue weighted by Gasteiger charge is 2.13. The normalized spacial score (nSPS) is 12.0. The van der Waals surface area contributed by atoms with Gasteiger partial charge in [0.25, 0.3) is 5.56 Å². The molecule has 0 bridgehead atoms. The minimum atomic E-state index is -0.163. The second-order valence-electron chi connectivity index (χ2n) is 5.83. The number of para-hydroxylation sites is 1. The van der Waals surface area contributed by atoms with Crippen molar-refractivity contribution in [3.8, 4) is 17.1 Å². The lowest BCUT2D eigenvalue weighted by atomic mass is 10.1. The second kappa shape index (κ2) is 6.72. The lowest BCUT2D eigenvalue weighted by Gasteiger charge is -2.05. The summed E-state index contributed by atoms with van der Waals surface area (Å²) in [5.74, 6) is 1.33. The van der Waals surface area contributed by atoms with Crippen LogP contribution in [0.15, 0.2) is 53.3 Å². The number of aromatic nitrogens is 3. The van der Waals surface area contributed by atoms with Crippen molar-refractivity contribution in [1.29, 1.82) is 0 Å². The molecule has 0 saturated carbocycles. The lowest BCUT2D eigenvalue weighted by molar-refractivity contribution is 0.339. The van der Waals surface area contributed by atoms with E-state index in [9.17, 15) is 4.79 Å². The van der Waals surface area contributed by atoms with Crippen molar-refractivity contribution in [2.75, 3.05) is 6.61 Å². The monoisotopic (exact) mass is 363 g/mol. The third-order valence-corrected chi connectivity index (χ3v) is 5.03. The molecule has 5 nitrogen and oxygen atoms in total. The highest BCUT2D eigenvalue weighted by molar-refractivity contribution is 7.15. The Balaban J connectivity index is 1.82. The van der Waals surface area contributed by atoms with Gasteiger partial charge in [-0.1, -0.05) is 53.8 Å². The Labute approximate surface area is 154 Å². The number of fused-ring (bicyclic) bond motifs is 1. The molecule has 0 fully saturated rings. The van der Waals surface area contributed by atoms with Crippen LogP contribution in [0.1, 0.15) is 18.1 Å². The van der Waals surface area contributed by atoms with Gasteiger partial charge >= 0.3 is 0 Å². The van der Waals surface area contributed by atoms with E-state index in [0.717, 1.165) is 22.4 Å². The summed E-state index contributed by atoms with van der Waals surface area (Å²) >= 11 is 1.33. The summed E-state index contributed by atoms with van der Waals surface area (Å²) in [5.41, 5.74) is 2.73. The van der Waals surface area contributed by atoms with Crippen molar-refractivity contribution in [3.05, 3.63) is 74.5 Å². The van der Waals surface area contributed by atoms with Gasteiger partial charge < -0.3 is 4.74 Å². The van der Waals surface area contributed by atoms with Crippen LogP contribution in [0.5, 0.6) is 5.75 Å². The van der Waals surface area contributed by atoms with Crippen LogP contribution < -0.4 is 14.8 Å². The SMILES string of the molecule is CCOc1ccccc1C=c1sc2nc(-c3ccccc3C)nn2c1=O. The first-order valence-electron chi connectivity index (χ1n) is 8.36. The molecule has 2 aromatic heterocycles. The van der Waals surface area contributed by atoms with Gasteiger partial charge in [0.2, 0.25) is 4.96 Å². The van der Waals surface area contributed by atoms with E-state index in [1.165, 1.54) is 15.9 Å². The van der Waals surface area contributed by atoms with Crippen LogP contribution >= 0.6 is 11.3 Å². The van der Waals surface area contributed by atoms with Crippen molar-refractivity contribution >= 4 is 22.4 Å². The number of hydrogen-bond donors (Lipinski definition) is 0. The topological polar surface area (TPSA) is 56.5 Å². The molecule has 4 rings (SSSR count). The van der Waals surface area contributed by atoms with Gasteiger partial charge in [0.05, 0.1) is 11.1 Å². The first kappa shape index (κ1) is 16.5. The summed E-state index contributed by atoms with van der Waals surface area (Å²) in [6.45, 7) is 4.52. The van der Waals surface area contributed by atoms with E-state index in [0.29, 0.717) is 21.9 Å². The molecule has 0 atom stereocenters. The molecule has 0 N–H and O–H groups in total. The molecule has 26 heavy (non-hydrogen) atoms. The van der Waals surface area contributed by atoms with Crippen molar-refractivity contribution in [1.82, 2.24) is 14.6 Å². The van der Waals surface area contributed by atoms with Crippen molar-refractivity contribution in [2.24, 2.45) is 0 Å². The van der Waals surface area contributed by atoms with Gasteiger partial charge in [-0.25, -0.2) is 0 Å². The van der Waals surface area contributed by atoms with E-state index in [2.05, 4.69) is 10.1 Å². The van der Waals surface area contributed by atoms with Gasteiger partial charge in [-0.05, 0) is 31.6 Å². The van der Waals surface area contributed by atoms with Gasteiger partial charge in [0.15, 0.2) is 5.82 Å². The van der Waals surface area contributed by atoms with E-state index < -0.39 is 0 Å². The molecule has 0 aliphatic heterocycles. The number of thiazole rings is 1. The molecule has 0 saturated heterocycles. The number of ether oxygens (including phenoxy) is 1. The van der Waals surface area contributed by atoms with Crippen molar-refractivity contribution < 1.29 is 4.74 Å². The Morgan fingerprint density at radius 1 is 1.15 bits per heavy atom. The maximum absolute atomic E-state index is 12.7. The smallest absolute Gasteiger partial charge is 0.291 e. The maximum atomic E-state index is 12.7. The Morgan fingerprint density at radius 2 is 1.92 bits per heavy atom. The van der Waals surface area contributed by atoms with E-state index in [1.54, 1.807) is 0 Å². The van der Waals surface area contributed by atoms with Crippen LogP contribution in [0.3, 0.4) is 0 Å². The summed E-state index contributed by atoms with van der Waals surface area (Å²) in [6.07, 6.45) is 1.84. The molecular weight excluding hydrogens is 346 g/mol. The number of nitrogens with zero attached hydrogens (tertiary/aromatic N) is 3. The van der Waals surface area contributed by atoms with Crippen LogP contribution in [0.25, 0.3) is 22.4 Å². The molecule has 2 aromatic carbocycles. The maximum Gasteiger partial charge on any atom is 0.291 e. The lowest BCUT2D eigenvalue weighted by Crippen LogP contribution is -2.23. The fourth-order valence-corrected chi connectivity index (χ4v) is 3.70.